The number of carbonyl (C=O) groups excluding carboxylic acids is 2. The number of nitrogens with zero attached hydrogens (tertiary/aromatic N) is 1. The van der Waals surface area contributed by atoms with Gasteiger partial charge in [0.25, 0.3) is 0 Å². The quantitative estimate of drug-likeness (QED) is 0.463. The summed E-state index contributed by atoms with van der Waals surface area (Å²) in [5.74, 6) is -0.995. The van der Waals surface area contributed by atoms with Crippen LogP contribution in [0.25, 0.3) is 0 Å². The van der Waals surface area contributed by atoms with Crippen molar-refractivity contribution in [3.05, 3.63) is 87.5 Å². The van der Waals surface area contributed by atoms with Crippen molar-refractivity contribution in [1.82, 2.24) is 4.90 Å². The summed E-state index contributed by atoms with van der Waals surface area (Å²) in [6.07, 6.45) is 0.825. The molecular weight excluding hydrogens is 463 g/mol. The number of benzene rings is 2. The Hall–Kier alpha value is -2.74. The molecule has 8 heteroatoms. The molecule has 0 aliphatic carbocycles. The van der Waals surface area contributed by atoms with E-state index in [1.165, 1.54) is 29.0 Å². The van der Waals surface area contributed by atoms with E-state index >= 15 is 0 Å². The first-order valence-corrected chi connectivity index (χ1v) is 11.5. The molecule has 5 nitrogen and oxygen atoms in total. The lowest BCUT2D eigenvalue weighted by Crippen LogP contribution is -2.30. The van der Waals surface area contributed by atoms with Gasteiger partial charge in [0.2, 0.25) is 5.91 Å². The summed E-state index contributed by atoms with van der Waals surface area (Å²) in [4.78, 5) is 28.8. The number of hydrogen-bond acceptors (Lipinski definition) is 5. The topological polar surface area (TPSA) is 58.6 Å². The third kappa shape index (κ3) is 6.19. The molecule has 33 heavy (non-hydrogen) atoms. The van der Waals surface area contributed by atoms with Crippen molar-refractivity contribution in [3.8, 4) is 0 Å². The van der Waals surface area contributed by atoms with Crippen molar-refractivity contribution in [2.75, 3.05) is 18.5 Å². The Morgan fingerprint density at radius 3 is 2.52 bits per heavy atom. The summed E-state index contributed by atoms with van der Waals surface area (Å²) in [5.41, 5.74) is 3.39. The van der Waals surface area contributed by atoms with Gasteiger partial charge < -0.3 is 10.1 Å². The van der Waals surface area contributed by atoms with Gasteiger partial charge >= 0.3 is 5.97 Å². The maximum absolute atomic E-state index is 13.1. The predicted molar refractivity (Wildman–Crippen MR) is 131 cm³/mol. The molecule has 1 amide bonds. The molecule has 0 saturated carbocycles. The van der Waals surface area contributed by atoms with Crippen LogP contribution in [0.2, 0.25) is 0 Å². The second-order valence-electron chi connectivity index (χ2n) is 7.73. The Bertz CT molecular complexity index is 1100. The minimum absolute atomic E-state index is 0. The van der Waals surface area contributed by atoms with Crippen LogP contribution in [0.15, 0.2) is 54.6 Å². The molecule has 1 aliphatic heterocycles. The molecule has 0 bridgehead atoms. The zero-order chi connectivity index (χ0) is 22.5. The van der Waals surface area contributed by atoms with E-state index in [0.29, 0.717) is 16.1 Å². The van der Waals surface area contributed by atoms with Crippen LogP contribution in [0.4, 0.5) is 9.39 Å². The Kier molecular flexibility index (Phi) is 8.61. The Labute approximate surface area is 203 Å². The molecule has 2 aromatic carbocycles. The Morgan fingerprint density at radius 1 is 1.09 bits per heavy atom. The molecule has 1 aromatic heterocycles. The zero-order valence-corrected chi connectivity index (χ0v) is 19.9. The smallest absolute Gasteiger partial charge is 0.341 e. The van der Waals surface area contributed by atoms with Gasteiger partial charge in [0.1, 0.15) is 10.8 Å². The minimum atomic E-state index is -0.404. The normalized spacial score (nSPS) is 13.0. The molecule has 2 heterocycles. The van der Waals surface area contributed by atoms with Crippen molar-refractivity contribution < 1.29 is 18.7 Å². The maximum atomic E-state index is 13.1. The molecular formula is C25H26ClFN2O3S. The third-order valence-electron chi connectivity index (χ3n) is 5.40. The molecule has 174 valence electrons. The van der Waals surface area contributed by atoms with Gasteiger partial charge in [-0.2, -0.15) is 0 Å². The van der Waals surface area contributed by atoms with Crippen LogP contribution in [-0.2, 0) is 35.5 Å². The standard InChI is InChI=1S/C25H25FN2O3S.ClH/c1-2-31-25(30)23-20-12-13-28(15-18-6-4-3-5-7-18)16-21(20)32-24(23)27-22(29)14-17-8-10-19(26)11-9-17;/h3-11H,2,12-16H2,1H3,(H,27,29);1H. The number of anilines is 1. The SMILES string of the molecule is CCOC(=O)c1c(NC(=O)Cc2ccc(F)cc2)sc2c1CCN(Cc1ccccc1)C2.Cl. The first-order chi connectivity index (χ1) is 15.5. The van der Waals surface area contributed by atoms with Gasteiger partial charge in [-0.3, -0.25) is 9.69 Å². The summed E-state index contributed by atoms with van der Waals surface area (Å²) >= 11 is 1.44. The summed E-state index contributed by atoms with van der Waals surface area (Å²) in [5, 5.41) is 3.43. The van der Waals surface area contributed by atoms with Gasteiger partial charge in [-0.15, -0.1) is 23.7 Å². The molecule has 0 fully saturated rings. The number of amides is 1. The van der Waals surface area contributed by atoms with Gasteiger partial charge in [0.15, 0.2) is 0 Å². The highest BCUT2D eigenvalue weighted by Crippen LogP contribution is 2.38. The van der Waals surface area contributed by atoms with Crippen molar-refractivity contribution in [2.24, 2.45) is 0 Å². The highest BCUT2D eigenvalue weighted by atomic mass is 35.5. The van der Waals surface area contributed by atoms with Crippen molar-refractivity contribution >= 4 is 40.6 Å². The number of nitrogens with one attached hydrogen (secondary N) is 1. The van der Waals surface area contributed by atoms with E-state index in [1.54, 1.807) is 19.1 Å². The van der Waals surface area contributed by atoms with Gasteiger partial charge in [-0.25, -0.2) is 9.18 Å². The Morgan fingerprint density at radius 2 is 1.82 bits per heavy atom. The Balaban J connectivity index is 0.00000306. The molecule has 0 saturated heterocycles. The van der Waals surface area contributed by atoms with Crippen molar-refractivity contribution in [1.29, 1.82) is 0 Å². The van der Waals surface area contributed by atoms with Crippen LogP contribution in [0.3, 0.4) is 0 Å². The fourth-order valence-electron chi connectivity index (χ4n) is 3.90. The lowest BCUT2D eigenvalue weighted by molar-refractivity contribution is -0.115. The number of ether oxygens (including phenoxy) is 1. The number of fused-ring (bicyclic) bond motifs is 1. The number of halogens is 2. The lowest BCUT2D eigenvalue weighted by Gasteiger charge is -2.27. The molecule has 1 N–H and O–H groups in total. The monoisotopic (exact) mass is 488 g/mol. The van der Waals surface area contributed by atoms with Crippen LogP contribution < -0.4 is 5.32 Å². The molecule has 0 spiro atoms. The summed E-state index contributed by atoms with van der Waals surface area (Å²) in [6, 6.07) is 16.1. The van der Waals surface area contributed by atoms with Crippen molar-refractivity contribution in [2.45, 2.75) is 32.9 Å². The van der Waals surface area contributed by atoms with E-state index in [2.05, 4.69) is 22.3 Å². The minimum Gasteiger partial charge on any atom is -0.462 e. The second kappa shape index (κ2) is 11.4. The summed E-state index contributed by atoms with van der Waals surface area (Å²) in [7, 11) is 0. The van der Waals surface area contributed by atoms with Crippen molar-refractivity contribution in [3.63, 3.8) is 0 Å². The molecule has 3 aromatic rings. The third-order valence-corrected chi connectivity index (χ3v) is 6.53. The van der Waals surface area contributed by atoms with E-state index in [1.807, 2.05) is 18.2 Å². The fourth-order valence-corrected chi connectivity index (χ4v) is 5.19. The number of carbonyl (C=O) groups is 2. The zero-order valence-electron chi connectivity index (χ0n) is 18.3. The summed E-state index contributed by atoms with van der Waals surface area (Å²) in [6.45, 7) is 4.42. The largest absolute Gasteiger partial charge is 0.462 e. The molecule has 0 radical (unpaired) electrons. The maximum Gasteiger partial charge on any atom is 0.341 e. The van der Waals surface area contributed by atoms with E-state index < -0.39 is 5.97 Å². The van der Waals surface area contributed by atoms with Crippen LogP contribution in [0.1, 0.15) is 38.8 Å². The molecule has 0 atom stereocenters. The highest BCUT2D eigenvalue weighted by molar-refractivity contribution is 7.17. The molecule has 4 rings (SSSR count). The van der Waals surface area contributed by atoms with Gasteiger partial charge in [0, 0.05) is 24.5 Å². The number of thiophene rings is 1. The lowest BCUT2D eigenvalue weighted by atomic mass is 10.0. The molecule has 0 unspecified atom stereocenters. The average molecular weight is 489 g/mol. The number of hydrogen-bond donors (Lipinski definition) is 1. The van der Waals surface area contributed by atoms with Crippen LogP contribution >= 0.6 is 23.7 Å². The number of rotatable bonds is 7. The first kappa shape index (κ1) is 24.9. The van der Waals surface area contributed by atoms with Crippen LogP contribution in [0.5, 0.6) is 0 Å². The predicted octanol–water partition coefficient (Wildman–Crippen LogP) is 5.23. The summed E-state index contributed by atoms with van der Waals surface area (Å²) < 4.78 is 18.4. The second-order valence-corrected chi connectivity index (χ2v) is 8.83. The van der Waals surface area contributed by atoms with E-state index in [4.69, 9.17) is 4.74 Å². The van der Waals surface area contributed by atoms with Gasteiger partial charge in [-0.05, 0) is 42.2 Å². The van der Waals surface area contributed by atoms with Gasteiger partial charge in [0.05, 0.1) is 18.6 Å². The van der Waals surface area contributed by atoms with E-state index in [9.17, 15) is 14.0 Å². The first-order valence-electron chi connectivity index (χ1n) is 10.7. The van der Waals surface area contributed by atoms with Gasteiger partial charge in [-0.1, -0.05) is 42.5 Å². The molecule has 1 aliphatic rings. The van der Waals surface area contributed by atoms with Crippen LogP contribution in [0, 0.1) is 5.82 Å². The van der Waals surface area contributed by atoms with Crippen LogP contribution in [-0.4, -0.2) is 29.9 Å². The van der Waals surface area contributed by atoms with E-state index in [-0.39, 0.29) is 37.2 Å². The van der Waals surface area contributed by atoms with E-state index in [0.717, 1.165) is 36.5 Å². The highest BCUT2D eigenvalue weighted by Gasteiger charge is 2.29. The fraction of sp³-hybridized carbons (Fsp3) is 0.280. The average Bonchev–Trinajstić information content (AvgIpc) is 3.13. The number of esters is 1.